The largest absolute Gasteiger partial charge is 0.461 e. The second-order valence-corrected chi connectivity index (χ2v) is 8.64. The third-order valence-corrected chi connectivity index (χ3v) is 6.73. The van der Waals surface area contributed by atoms with Crippen molar-refractivity contribution < 1.29 is 9.21 Å². The number of carbonyl (C=O) groups excluding carboxylic acids is 1. The topological polar surface area (TPSA) is 36.7 Å². The minimum atomic E-state index is 0.146. The summed E-state index contributed by atoms with van der Waals surface area (Å²) in [6.45, 7) is 6.13. The van der Waals surface area contributed by atoms with Gasteiger partial charge in [-0.2, -0.15) is 0 Å². The molecule has 0 radical (unpaired) electrons. The Kier molecular flexibility index (Phi) is 4.04. The summed E-state index contributed by atoms with van der Waals surface area (Å²) in [5, 5.41) is 1.03. The first-order valence-electron chi connectivity index (χ1n) is 10.2. The minimum Gasteiger partial charge on any atom is -0.461 e. The number of benzene rings is 1. The molecule has 2 bridgehead atoms. The molecule has 3 saturated heterocycles. The molecule has 3 aliphatic heterocycles. The molecule has 1 saturated carbocycles. The highest BCUT2D eigenvalue weighted by atomic mass is 16.3. The molecule has 1 aromatic heterocycles. The van der Waals surface area contributed by atoms with Crippen LogP contribution in [0.25, 0.3) is 11.0 Å². The number of nitrogens with zero attached hydrogens (tertiary/aromatic N) is 2. The molecule has 0 spiro atoms. The molecule has 1 amide bonds. The van der Waals surface area contributed by atoms with Crippen molar-refractivity contribution >= 4 is 16.9 Å². The fourth-order valence-corrected chi connectivity index (χ4v) is 5.11. The molecule has 2 unspecified atom stereocenters. The molecule has 6 rings (SSSR count). The van der Waals surface area contributed by atoms with E-state index in [9.17, 15) is 4.79 Å². The van der Waals surface area contributed by atoms with E-state index < -0.39 is 0 Å². The zero-order valence-electron chi connectivity index (χ0n) is 15.6. The third-order valence-electron chi connectivity index (χ3n) is 6.73. The van der Waals surface area contributed by atoms with E-state index in [1.807, 2.05) is 31.2 Å². The van der Waals surface area contributed by atoms with Gasteiger partial charge in [0.1, 0.15) is 11.3 Å². The number of rotatable bonds is 3. The first-order valence-corrected chi connectivity index (χ1v) is 10.2. The minimum absolute atomic E-state index is 0.146. The van der Waals surface area contributed by atoms with Crippen molar-refractivity contribution in [1.29, 1.82) is 0 Å². The molecule has 4 fully saturated rings. The summed E-state index contributed by atoms with van der Waals surface area (Å²) in [5.41, 5.74) is 1.47. The number of amides is 1. The molecule has 26 heavy (non-hydrogen) atoms. The molecule has 138 valence electrons. The standard InChI is InChI=1S/C22H28N2O2/c1-15-10-18-6-3-7-20(21(18)26-15)22(25)24-13-17-8-9-19(14-24)23(12-17)11-16-4-2-5-16/h3,6-7,10,16-17,19H,2,4-5,8-9,11-14H2,1H3. The summed E-state index contributed by atoms with van der Waals surface area (Å²) >= 11 is 0. The number of para-hydroxylation sites is 1. The van der Waals surface area contributed by atoms with Gasteiger partial charge in [0.05, 0.1) is 5.56 Å². The van der Waals surface area contributed by atoms with Gasteiger partial charge in [0.2, 0.25) is 0 Å². The van der Waals surface area contributed by atoms with E-state index in [2.05, 4.69) is 9.80 Å². The average Bonchev–Trinajstić information content (AvgIpc) is 2.77. The van der Waals surface area contributed by atoms with Gasteiger partial charge in [-0.15, -0.1) is 0 Å². The van der Waals surface area contributed by atoms with Crippen LogP contribution >= 0.6 is 0 Å². The molecule has 4 heterocycles. The normalized spacial score (nSPS) is 26.9. The lowest BCUT2D eigenvalue weighted by molar-refractivity contribution is 0.0718. The number of hydrogen-bond acceptors (Lipinski definition) is 3. The summed E-state index contributed by atoms with van der Waals surface area (Å²) in [5.74, 6) is 2.53. The Morgan fingerprint density at radius 2 is 2.04 bits per heavy atom. The van der Waals surface area contributed by atoms with Gasteiger partial charge in [-0.05, 0) is 56.6 Å². The molecular formula is C22H28N2O2. The van der Waals surface area contributed by atoms with Crippen molar-refractivity contribution in [3.05, 3.63) is 35.6 Å². The van der Waals surface area contributed by atoms with Gasteiger partial charge in [-0.1, -0.05) is 18.6 Å². The molecule has 1 aliphatic carbocycles. The highest BCUT2D eigenvalue weighted by Gasteiger charge is 2.38. The van der Waals surface area contributed by atoms with Crippen LogP contribution in [0.4, 0.5) is 0 Å². The van der Waals surface area contributed by atoms with Crippen LogP contribution in [0.1, 0.15) is 48.2 Å². The zero-order chi connectivity index (χ0) is 17.7. The summed E-state index contributed by atoms with van der Waals surface area (Å²) in [6.07, 6.45) is 6.71. The predicted octanol–water partition coefficient (Wildman–Crippen LogP) is 4.08. The summed E-state index contributed by atoms with van der Waals surface area (Å²) in [7, 11) is 0. The predicted molar refractivity (Wildman–Crippen MR) is 102 cm³/mol. The highest BCUT2D eigenvalue weighted by molar-refractivity contribution is 6.05. The molecule has 2 aromatic rings. The summed E-state index contributed by atoms with van der Waals surface area (Å²) in [4.78, 5) is 18.1. The van der Waals surface area contributed by atoms with E-state index >= 15 is 0 Å². The van der Waals surface area contributed by atoms with Crippen LogP contribution in [0, 0.1) is 18.8 Å². The van der Waals surface area contributed by atoms with E-state index in [-0.39, 0.29) is 5.91 Å². The fraction of sp³-hybridized carbons (Fsp3) is 0.591. The van der Waals surface area contributed by atoms with Gasteiger partial charge in [-0.3, -0.25) is 9.69 Å². The Hall–Kier alpha value is -1.81. The molecule has 4 aliphatic rings. The lowest BCUT2D eigenvalue weighted by atomic mass is 9.83. The molecular weight excluding hydrogens is 324 g/mol. The van der Waals surface area contributed by atoms with Gasteiger partial charge in [-0.25, -0.2) is 0 Å². The van der Waals surface area contributed by atoms with E-state index in [1.54, 1.807) is 0 Å². The average molecular weight is 352 g/mol. The van der Waals surface area contributed by atoms with Crippen molar-refractivity contribution in [3.63, 3.8) is 0 Å². The van der Waals surface area contributed by atoms with E-state index in [0.29, 0.717) is 12.0 Å². The molecule has 4 heteroatoms. The van der Waals surface area contributed by atoms with Crippen molar-refractivity contribution in [1.82, 2.24) is 9.80 Å². The molecule has 1 aromatic carbocycles. The van der Waals surface area contributed by atoms with Crippen LogP contribution in [0.3, 0.4) is 0 Å². The number of fused-ring (bicyclic) bond motifs is 5. The van der Waals surface area contributed by atoms with Crippen LogP contribution in [-0.4, -0.2) is 47.9 Å². The first kappa shape index (κ1) is 16.4. The Morgan fingerprint density at radius 3 is 2.85 bits per heavy atom. The van der Waals surface area contributed by atoms with Crippen LogP contribution < -0.4 is 0 Å². The maximum absolute atomic E-state index is 13.3. The SMILES string of the molecule is Cc1cc2cccc(C(=O)N3CC4CCC(C3)N(CC3CCC3)C4)c2o1. The second-order valence-electron chi connectivity index (χ2n) is 8.64. The smallest absolute Gasteiger partial charge is 0.257 e. The Morgan fingerprint density at radius 1 is 1.15 bits per heavy atom. The maximum Gasteiger partial charge on any atom is 0.257 e. The summed E-state index contributed by atoms with van der Waals surface area (Å²) < 4.78 is 5.85. The van der Waals surface area contributed by atoms with Gasteiger partial charge >= 0.3 is 0 Å². The lowest BCUT2D eigenvalue weighted by Gasteiger charge is -2.40. The quantitative estimate of drug-likeness (QED) is 0.835. The van der Waals surface area contributed by atoms with Crippen LogP contribution in [-0.2, 0) is 0 Å². The maximum atomic E-state index is 13.3. The zero-order valence-corrected chi connectivity index (χ0v) is 15.6. The number of furan rings is 1. The van der Waals surface area contributed by atoms with Crippen LogP contribution in [0.5, 0.6) is 0 Å². The number of aryl methyl sites for hydroxylation is 1. The Balaban J connectivity index is 1.38. The van der Waals surface area contributed by atoms with Crippen LogP contribution in [0.15, 0.2) is 28.7 Å². The molecule has 4 nitrogen and oxygen atoms in total. The Labute approximate surface area is 155 Å². The lowest BCUT2D eigenvalue weighted by Crippen LogP contribution is -2.47. The first-order chi connectivity index (χ1) is 12.7. The van der Waals surface area contributed by atoms with Crippen molar-refractivity contribution in [2.24, 2.45) is 11.8 Å². The third kappa shape index (κ3) is 2.84. The van der Waals surface area contributed by atoms with Gasteiger partial charge in [0, 0.05) is 37.6 Å². The van der Waals surface area contributed by atoms with E-state index in [0.717, 1.165) is 41.3 Å². The van der Waals surface area contributed by atoms with Crippen molar-refractivity contribution in [2.75, 3.05) is 26.2 Å². The van der Waals surface area contributed by atoms with Crippen molar-refractivity contribution in [3.8, 4) is 0 Å². The second kappa shape index (κ2) is 6.41. The fourth-order valence-electron chi connectivity index (χ4n) is 5.11. The number of piperidine rings is 1. The summed E-state index contributed by atoms with van der Waals surface area (Å²) in [6, 6.07) is 8.47. The van der Waals surface area contributed by atoms with Gasteiger partial charge < -0.3 is 9.32 Å². The van der Waals surface area contributed by atoms with Gasteiger partial charge in [0.15, 0.2) is 0 Å². The molecule has 2 atom stereocenters. The highest BCUT2D eigenvalue weighted by Crippen LogP contribution is 2.34. The monoisotopic (exact) mass is 352 g/mol. The number of carbonyl (C=O) groups is 1. The van der Waals surface area contributed by atoms with E-state index in [1.165, 1.54) is 45.2 Å². The molecule has 0 N–H and O–H groups in total. The van der Waals surface area contributed by atoms with Crippen molar-refractivity contribution in [2.45, 2.75) is 45.1 Å². The van der Waals surface area contributed by atoms with E-state index in [4.69, 9.17) is 4.42 Å². The van der Waals surface area contributed by atoms with Crippen LogP contribution in [0.2, 0.25) is 0 Å². The number of hydrogen-bond donors (Lipinski definition) is 0. The van der Waals surface area contributed by atoms with Gasteiger partial charge in [0.25, 0.3) is 5.91 Å². The Bertz CT molecular complexity index is 823.